The lowest BCUT2D eigenvalue weighted by Crippen LogP contribution is -2.59. The topological polar surface area (TPSA) is 63.6 Å². The van der Waals surface area contributed by atoms with Crippen molar-refractivity contribution in [2.75, 3.05) is 0 Å². The lowest BCUT2D eigenvalue weighted by atomic mass is 9.41. The lowest BCUT2D eigenvalue weighted by molar-refractivity contribution is -0.190. The molecule has 160 valence electrons. The second kappa shape index (κ2) is 6.72. The SMILES string of the molecule is C=C1C[C@@]23CC[C@H]4[C@@](C)(CCC[C@@]4(C)C(=O)O)[C@@H]2C[C@@H](OC(=O)/C(C)=C\C)[C@@H]1C3. The van der Waals surface area contributed by atoms with E-state index in [4.69, 9.17) is 4.74 Å². The van der Waals surface area contributed by atoms with Crippen molar-refractivity contribution in [2.45, 2.75) is 85.2 Å². The number of esters is 1. The highest BCUT2D eigenvalue weighted by Crippen LogP contribution is 2.72. The summed E-state index contributed by atoms with van der Waals surface area (Å²) in [4.78, 5) is 24.8. The number of rotatable bonds is 3. The molecule has 1 spiro atoms. The van der Waals surface area contributed by atoms with Gasteiger partial charge in [-0.1, -0.05) is 31.6 Å². The second-order valence-corrected chi connectivity index (χ2v) is 10.9. The van der Waals surface area contributed by atoms with Gasteiger partial charge in [0, 0.05) is 11.5 Å². The number of carboxylic acids is 1. The third-order valence-corrected chi connectivity index (χ3v) is 9.59. The summed E-state index contributed by atoms with van der Waals surface area (Å²) in [7, 11) is 0. The summed E-state index contributed by atoms with van der Waals surface area (Å²) in [6, 6.07) is 0. The molecule has 4 aliphatic carbocycles. The molecule has 0 radical (unpaired) electrons. The number of hydrogen-bond acceptors (Lipinski definition) is 3. The van der Waals surface area contributed by atoms with E-state index in [1.807, 2.05) is 13.8 Å². The number of carbonyl (C=O) groups is 2. The van der Waals surface area contributed by atoms with Crippen molar-refractivity contribution >= 4 is 11.9 Å². The Hall–Kier alpha value is -1.58. The molecular weight excluding hydrogens is 364 g/mol. The average Bonchev–Trinajstić information content (AvgIpc) is 2.94. The highest BCUT2D eigenvalue weighted by atomic mass is 16.5. The van der Waals surface area contributed by atoms with Crippen molar-refractivity contribution in [1.82, 2.24) is 0 Å². The van der Waals surface area contributed by atoms with Crippen molar-refractivity contribution in [2.24, 2.45) is 34.0 Å². The number of aliphatic carboxylic acids is 1. The van der Waals surface area contributed by atoms with E-state index in [1.165, 1.54) is 5.57 Å². The second-order valence-electron chi connectivity index (χ2n) is 10.9. The number of allylic oxidation sites excluding steroid dienone is 1. The van der Waals surface area contributed by atoms with Crippen LogP contribution in [0.4, 0.5) is 0 Å². The monoisotopic (exact) mass is 400 g/mol. The van der Waals surface area contributed by atoms with E-state index in [0.717, 1.165) is 51.4 Å². The third kappa shape index (κ3) is 2.84. The summed E-state index contributed by atoms with van der Waals surface area (Å²) in [5.74, 6) is -0.0147. The van der Waals surface area contributed by atoms with Crippen LogP contribution in [0.3, 0.4) is 0 Å². The van der Waals surface area contributed by atoms with Gasteiger partial charge in [-0.2, -0.15) is 0 Å². The molecule has 2 bridgehead atoms. The van der Waals surface area contributed by atoms with Crippen LogP contribution < -0.4 is 0 Å². The van der Waals surface area contributed by atoms with E-state index in [2.05, 4.69) is 13.5 Å². The highest BCUT2D eigenvalue weighted by molar-refractivity contribution is 5.87. The van der Waals surface area contributed by atoms with E-state index in [9.17, 15) is 14.7 Å². The maximum Gasteiger partial charge on any atom is 0.333 e. The predicted molar refractivity (Wildman–Crippen MR) is 112 cm³/mol. The van der Waals surface area contributed by atoms with Gasteiger partial charge in [-0.05, 0) is 88.4 Å². The van der Waals surface area contributed by atoms with Crippen molar-refractivity contribution in [1.29, 1.82) is 0 Å². The normalized spacial score (nSPS) is 46.6. The average molecular weight is 401 g/mol. The summed E-state index contributed by atoms with van der Waals surface area (Å²) >= 11 is 0. The van der Waals surface area contributed by atoms with Gasteiger partial charge in [0.05, 0.1) is 5.41 Å². The van der Waals surface area contributed by atoms with Crippen LogP contribution in [0.1, 0.15) is 79.1 Å². The molecule has 0 heterocycles. The molecule has 0 saturated heterocycles. The molecule has 4 aliphatic rings. The Morgan fingerprint density at radius 1 is 1.21 bits per heavy atom. The molecule has 0 unspecified atom stereocenters. The molecule has 4 rings (SSSR count). The Labute approximate surface area is 174 Å². The minimum absolute atomic E-state index is 0.0144. The van der Waals surface area contributed by atoms with Crippen molar-refractivity contribution in [3.63, 3.8) is 0 Å². The number of hydrogen-bond donors (Lipinski definition) is 1. The molecule has 7 atom stereocenters. The maximum atomic E-state index is 12.5. The highest BCUT2D eigenvalue weighted by Gasteiger charge is 2.66. The van der Waals surface area contributed by atoms with Crippen LogP contribution in [-0.4, -0.2) is 23.1 Å². The molecule has 0 aromatic rings. The Morgan fingerprint density at radius 3 is 2.59 bits per heavy atom. The van der Waals surface area contributed by atoms with Gasteiger partial charge >= 0.3 is 11.9 Å². The van der Waals surface area contributed by atoms with Gasteiger partial charge in [-0.3, -0.25) is 4.79 Å². The number of ether oxygens (including phenoxy) is 1. The van der Waals surface area contributed by atoms with Crippen LogP contribution in [-0.2, 0) is 14.3 Å². The molecule has 0 aliphatic heterocycles. The van der Waals surface area contributed by atoms with Crippen LogP contribution >= 0.6 is 0 Å². The largest absolute Gasteiger partial charge is 0.481 e. The summed E-state index contributed by atoms with van der Waals surface area (Å²) in [6.07, 6.45) is 9.51. The summed E-state index contributed by atoms with van der Waals surface area (Å²) in [5.41, 5.74) is 1.45. The van der Waals surface area contributed by atoms with Gasteiger partial charge < -0.3 is 9.84 Å². The third-order valence-electron chi connectivity index (χ3n) is 9.59. The summed E-state index contributed by atoms with van der Waals surface area (Å²) in [5, 5.41) is 10.1. The Kier molecular flexibility index (Phi) is 4.79. The minimum Gasteiger partial charge on any atom is -0.481 e. The molecule has 4 nitrogen and oxygen atoms in total. The van der Waals surface area contributed by atoms with Gasteiger partial charge in [0.25, 0.3) is 0 Å². The molecule has 4 fully saturated rings. The Bertz CT molecular complexity index is 782. The summed E-state index contributed by atoms with van der Waals surface area (Å²) in [6.45, 7) is 12.4. The smallest absolute Gasteiger partial charge is 0.333 e. The fourth-order valence-corrected chi connectivity index (χ4v) is 8.02. The van der Waals surface area contributed by atoms with Crippen LogP contribution in [0.25, 0.3) is 0 Å². The van der Waals surface area contributed by atoms with Crippen LogP contribution in [0, 0.1) is 34.0 Å². The number of carboxylic acid groups (broad SMARTS) is 1. The fraction of sp³-hybridized carbons (Fsp3) is 0.760. The van der Waals surface area contributed by atoms with E-state index in [1.54, 1.807) is 13.0 Å². The molecule has 0 amide bonds. The van der Waals surface area contributed by atoms with Gasteiger partial charge in [0.2, 0.25) is 0 Å². The van der Waals surface area contributed by atoms with Crippen molar-refractivity contribution in [3.05, 3.63) is 23.8 Å². The minimum atomic E-state index is -0.644. The first-order chi connectivity index (χ1) is 13.6. The standard InChI is InChI=1S/C25H36O4/c1-6-15(2)21(26)29-18-12-20-23(4)9-7-10-24(5,22(27)28)19(23)8-11-25(20)13-16(3)17(18)14-25/h6,17-20H,3,7-14H2,1-2,4-5H3,(H,27,28)/b15-6-/t17-,18-,19+,20+,23-,24-,25-/m1/s1. The summed E-state index contributed by atoms with van der Waals surface area (Å²) < 4.78 is 6.03. The molecule has 4 heteroatoms. The Balaban J connectivity index is 1.69. The molecule has 0 aromatic carbocycles. The van der Waals surface area contributed by atoms with Crippen LogP contribution in [0.15, 0.2) is 23.8 Å². The van der Waals surface area contributed by atoms with Crippen LogP contribution in [0.2, 0.25) is 0 Å². The van der Waals surface area contributed by atoms with E-state index >= 15 is 0 Å². The predicted octanol–water partition coefficient (Wildman–Crippen LogP) is 5.53. The molecule has 29 heavy (non-hydrogen) atoms. The zero-order valence-corrected chi connectivity index (χ0v) is 18.4. The van der Waals surface area contributed by atoms with Crippen LogP contribution in [0.5, 0.6) is 0 Å². The molecular formula is C25H36O4. The number of fused-ring (bicyclic) bond motifs is 3. The van der Waals surface area contributed by atoms with Crippen molar-refractivity contribution < 1.29 is 19.4 Å². The lowest BCUT2D eigenvalue weighted by Gasteiger charge is -2.63. The first kappa shape index (κ1) is 20.7. The first-order valence-corrected chi connectivity index (χ1v) is 11.3. The van der Waals surface area contributed by atoms with E-state index in [-0.39, 0.29) is 34.7 Å². The first-order valence-electron chi connectivity index (χ1n) is 11.3. The molecule has 0 aromatic heterocycles. The zero-order valence-electron chi connectivity index (χ0n) is 18.4. The van der Waals surface area contributed by atoms with E-state index in [0.29, 0.717) is 11.5 Å². The van der Waals surface area contributed by atoms with Crippen molar-refractivity contribution in [3.8, 4) is 0 Å². The maximum absolute atomic E-state index is 12.5. The molecule has 1 N–H and O–H groups in total. The fourth-order valence-electron chi connectivity index (χ4n) is 8.02. The Morgan fingerprint density at radius 2 is 1.93 bits per heavy atom. The van der Waals surface area contributed by atoms with Gasteiger partial charge in [0.1, 0.15) is 6.10 Å². The van der Waals surface area contributed by atoms with Gasteiger partial charge in [0.15, 0.2) is 0 Å². The molecule has 4 saturated carbocycles. The number of carbonyl (C=O) groups excluding carboxylic acids is 1. The zero-order chi connectivity index (χ0) is 21.2. The van der Waals surface area contributed by atoms with Gasteiger partial charge in [-0.15, -0.1) is 0 Å². The van der Waals surface area contributed by atoms with Gasteiger partial charge in [-0.25, -0.2) is 4.79 Å². The van der Waals surface area contributed by atoms with E-state index < -0.39 is 11.4 Å². The quantitative estimate of drug-likeness (QED) is 0.384.